The minimum Gasteiger partial charge on any atom is -0.480 e. The van der Waals surface area contributed by atoms with Crippen LogP contribution in [0.1, 0.15) is 35.3 Å². The fourth-order valence-corrected chi connectivity index (χ4v) is 4.55. The Balaban J connectivity index is 2.06. The summed E-state index contributed by atoms with van der Waals surface area (Å²) in [5, 5.41) is 11.8. The second kappa shape index (κ2) is 11.0. The van der Waals surface area contributed by atoms with Crippen LogP contribution in [0.25, 0.3) is 0 Å². The molecule has 0 aromatic heterocycles. The van der Waals surface area contributed by atoms with E-state index < -0.39 is 31.3 Å². The van der Waals surface area contributed by atoms with Crippen molar-refractivity contribution in [1.82, 2.24) is 5.32 Å². The molecule has 0 fully saturated rings. The minimum absolute atomic E-state index is 0.0528. The van der Waals surface area contributed by atoms with Crippen molar-refractivity contribution in [1.29, 1.82) is 0 Å². The summed E-state index contributed by atoms with van der Waals surface area (Å²) in [6, 6.07) is 10.6. The number of benzene rings is 2. The van der Waals surface area contributed by atoms with Gasteiger partial charge in [0.2, 0.25) is 0 Å². The predicted octanol–water partition coefficient (Wildman–Crippen LogP) is 4.02. The predicted molar refractivity (Wildman–Crippen MR) is 110 cm³/mol. The third-order valence-corrected chi connectivity index (χ3v) is 6.23. The molecule has 0 saturated heterocycles. The van der Waals surface area contributed by atoms with Gasteiger partial charge >= 0.3 is 13.6 Å². The molecule has 2 rings (SSSR count). The lowest BCUT2D eigenvalue weighted by Crippen LogP contribution is -2.42. The molecule has 0 heterocycles. The van der Waals surface area contributed by atoms with Crippen molar-refractivity contribution in [2.45, 2.75) is 32.5 Å². The number of carboxylic acid groups (broad SMARTS) is 1. The number of hydrogen-bond donors (Lipinski definition) is 2. The third kappa shape index (κ3) is 7.06. The van der Waals surface area contributed by atoms with Crippen LogP contribution in [-0.2, 0) is 31.0 Å². The molecule has 1 atom stereocenters. The monoisotopic (exact) mass is 437 g/mol. The second-order valence-electron chi connectivity index (χ2n) is 6.50. The summed E-state index contributed by atoms with van der Waals surface area (Å²) in [4.78, 5) is 24.0. The van der Waals surface area contributed by atoms with Crippen LogP contribution >= 0.6 is 7.60 Å². The SMILES string of the molecule is CCOP(=O)(Cc1ccc(C(=O)N[C@@H](Cc2cccc(F)c2)C(=O)O)cc1)OCC. The average molecular weight is 437 g/mol. The first-order chi connectivity index (χ1) is 14.3. The number of amides is 1. The van der Waals surface area contributed by atoms with E-state index in [2.05, 4.69) is 5.32 Å². The van der Waals surface area contributed by atoms with Crippen molar-refractivity contribution < 1.29 is 32.7 Å². The summed E-state index contributed by atoms with van der Waals surface area (Å²) in [6.07, 6.45) is 0.0106. The molecule has 0 aliphatic heterocycles. The third-order valence-electron chi connectivity index (χ3n) is 4.18. The Morgan fingerprint density at radius 1 is 1.07 bits per heavy atom. The summed E-state index contributed by atoms with van der Waals surface area (Å²) in [5.74, 6) is -2.28. The summed E-state index contributed by atoms with van der Waals surface area (Å²) in [6.45, 7) is 3.95. The van der Waals surface area contributed by atoms with Crippen LogP contribution < -0.4 is 5.32 Å². The maximum absolute atomic E-state index is 13.3. The number of aliphatic carboxylic acids is 1. The Bertz CT molecular complexity index is 908. The van der Waals surface area contributed by atoms with Crippen LogP contribution in [0.5, 0.6) is 0 Å². The molecule has 0 aliphatic rings. The maximum atomic E-state index is 13.3. The van der Waals surface area contributed by atoms with E-state index in [1.807, 2.05) is 0 Å². The second-order valence-corrected chi connectivity index (χ2v) is 8.55. The first-order valence-corrected chi connectivity index (χ1v) is 11.2. The number of carbonyl (C=O) groups is 2. The molecule has 162 valence electrons. The van der Waals surface area contributed by atoms with E-state index in [9.17, 15) is 23.7 Å². The highest BCUT2D eigenvalue weighted by Crippen LogP contribution is 2.51. The zero-order valence-electron chi connectivity index (χ0n) is 16.8. The van der Waals surface area contributed by atoms with Crippen LogP contribution in [0.3, 0.4) is 0 Å². The van der Waals surface area contributed by atoms with Gasteiger partial charge in [-0.05, 0) is 49.2 Å². The molecular formula is C21H25FNO6P. The number of halogens is 1. The van der Waals surface area contributed by atoms with Crippen LogP contribution in [-0.4, -0.2) is 36.2 Å². The Morgan fingerprint density at radius 3 is 2.23 bits per heavy atom. The molecule has 0 unspecified atom stereocenters. The highest BCUT2D eigenvalue weighted by molar-refractivity contribution is 7.53. The number of carboxylic acids is 1. The zero-order valence-corrected chi connectivity index (χ0v) is 17.7. The lowest BCUT2D eigenvalue weighted by Gasteiger charge is -2.17. The molecule has 2 N–H and O–H groups in total. The van der Waals surface area contributed by atoms with Crippen molar-refractivity contribution in [2.75, 3.05) is 13.2 Å². The van der Waals surface area contributed by atoms with Gasteiger partial charge in [0.25, 0.3) is 5.91 Å². The Hall–Kier alpha value is -2.54. The van der Waals surface area contributed by atoms with Gasteiger partial charge in [0.1, 0.15) is 11.9 Å². The molecule has 9 heteroatoms. The van der Waals surface area contributed by atoms with E-state index in [4.69, 9.17) is 9.05 Å². The van der Waals surface area contributed by atoms with Crippen LogP contribution in [0, 0.1) is 5.82 Å². The first-order valence-electron chi connectivity index (χ1n) is 9.51. The van der Waals surface area contributed by atoms with Crippen molar-refractivity contribution >= 4 is 19.5 Å². The van der Waals surface area contributed by atoms with Gasteiger partial charge in [-0.15, -0.1) is 0 Å². The van der Waals surface area contributed by atoms with E-state index in [1.54, 1.807) is 32.0 Å². The summed E-state index contributed by atoms with van der Waals surface area (Å²) >= 11 is 0. The molecule has 0 radical (unpaired) electrons. The van der Waals surface area contributed by atoms with E-state index in [0.29, 0.717) is 11.1 Å². The lowest BCUT2D eigenvalue weighted by atomic mass is 10.0. The van der Waals surface area contributed by atoms with E-state index in [-0.39, 0.29) is 31.4 Å². The summed E-state index contributed by atoms with van der Waals surface area (Å²) < 4.78 is 36.4. The molecule has 0 bridgehead atoms. The molecule has 1 amide bonds. The highest BCUT2D eigenvalue weighted by atomic mass is 31.2. The Labute approximate surface area is 174 Å². The number of hydrogen-bond acceptors (Lipinski definition) is 5. The standard InChI is InChI=1S/C21H25FNO6P/c1-3-28-30(27,29-4-2)14-15-8-10-17(11-9-15)20(24)23-19(21(25)26)13-16-6-5-7-18(22)12-16/h5-12,19H,3-4,13-14H2,1-2H3,(H,23,24)(H,25,26)/t19-/m0/s1. The van der Waals surface area contributed by atoms with E-state index in [1.165, 1.54) is 30.3 Å². The first kappa shape index (κ1) is 23.7. The average Bonchev–Trinajstić information content (AvgIpc) is 2.68. The van der Waals surface area contributed by atoms with Gasteiger partial charge in [0.15, 0.2) is 0 Å². The molecule has 0 aliphatic carbocycles. The van der Waals surface area contributed by atoms with Crippen LogP contribution in [0.2, 0.25) is 0 Å². The molecule has 30 heavy (non-hydrogen) atoms. The van der Waals surface area contributed by atoms with Crippen molar-refractivity contribution in [2.24, 2.45) is 0 Å². The normalized spacial score (nSPS) is 12.4. The highest BCUT2D eigenvalue weighted by Gasteiger charge is 2.25. The van der Waals surface area contributed by atoms with Crippen molar-refractivity contribution in [3.63, 3.8) is 0 Å². The Kier molecular flexibility index (Phi) is 8.72. The topological polar surface area (TPSA) is 102 Å². The van der Waals surface area contributed by atoms with Gasteiger partial charge in [-0.2, -0.15) is 0 Å². The molecule has 2 aromatic rings. The van der Waals surface area contributed by atoms with Crippen LogP contribution in [0.15, 0.2) is 48.5 Å². The van der Waals surface area contributed by atoms with Gasteiger partial charge in [-0.25, -0.2) is 9.18 Å². The smallest absolute Gasteiger partial charge is 0.335 e. The fourth-order valence-electron chi connectivity index (χ4n) is 2.85. The van der Waals surface area contributed by atoms with Gasteiger partial charge < -0.3 is 19.5 Å². The number of carbonyl (C=O) groups excluding carboxylic acids is 1. The number of nitrogens with one attached hydrogen (secondary N) is 1. The lowest BCUT2D eigenvalue weighted by molar-refractivity contribution is -0.139. The summed E-state index contributed by atoms with van der Waals surface area (Å²) in [7, 11) is -3.27. The summed E-state index contributed by atoms with van der Waals surface area (Å²) in [5.41, 5.74) is 1.36. The quantitative estimate of drug-likeness (QED) is 0.515. The fraction of sp³-hybridized carbons (Fsp3) is 0.333. The molecule has 2 aromatic carbocycles. The van der Waals surface area contributed by atoms with Gasteiger partial charge in [0.05, 0.1) is 19.4 Å². The molecule has 0 saturated carbocycles. The van der Waals surface area contributed by atoms with Gasteiger partial charge in [-0.1, -0.05) is 24.3 Å². The van der Waals surface area contributed by atoms with Crippen molar-refractivity contribution in [3.05, 3.63) is 71.0 Å². The van der Waals surface area contributed by atoms with Crippen molar-refractivity contribution in [3.8, 4) is 0 Å². The van der Waals surface area contributed by atoms with Gasteiger partial charge in [-0.3, -0.25) is 9.36 Å². The van der Waals surface area contributed by atoms with Gasteiger partial charge in [0, 0.05) is 12.0 Å². The molecular weight excluding hydrogens is 412 g/mol. The van der Waals surface area contributed by atoms with E-state index >= 15 is 0 Å². The Morgan fingerprint density at radius 2 is 1.70 bits per heavy atom. The molecule has 0 spiro atoms. The number of rotatable bonds is 11. The molecule has 7 nitrogen and oxygen atoms in total. The minimum atomic E-state index is -3.27. The largest absolute Gasteiger partial charge is 0.480 e. The zero-order chi connectivity index (χ0) is 22.1. The van der Waals surface area contributed by atoms with E-state index in [0.717, 1.165) is 0 Å². The maximum Gasteiger partial charge on any atom is 0.335 e. The van der Waals surface area contributed by atoms with Crippen LogP contribution in [0.4, 0.5) is 4.39 Å².